The summed E-state index contributed by atoms with van der Waals surface area (Å²) >= 11 is 5.83. The molecule has 0 radical (unpaired) electrons. The molecule has 5 nitrogen and oxygen atoms in total. The number of benzene rings is 1. The highest BCUT2D eigenvalue weighted by Gasteiger charge is 2.11. The highest BCUT2D eigenvalue weighted by molar-refractivity contribution is 6.31. The van der Waals surface area contributed by atoms with Crippen molar-refractivity contribution in [3.05, 3.63) is 35.5 Å². The van der Waals surface area contributed by atoms with Gasteiger partial charge in [0.1, 0.15) is 17.3 Å². The number of fused-ring (bicyclic) bond motifs is 1. The number of halogens is 1. The molecule has 0 aliphatic heterocycles. The van der Waals surface area contributed by atoms with Crippen LogP contribution in [0.15, 0.2) is 30.5 Å². The third-order valence-corrected chi connectivity index (χ3v) is 2.75. The van der Waals surface area contributed by atoms with Gasteiger partial charge in [0.25, 0.3) is 0 Å². The van der Waals surface area contributed by atoms with Gasteiger partial charge in [0, 0.05) is 12.3 Å². The van der Waals surface area contributed by atoms with Crippen LogP contribution in [0, 0.1) is 0 Å². The van der Waals surface area contributed by atoms with Crippen LogP contribution in [0.5, 0.6) is 11.5 Å². The van der Waals surface area contributed by atoms with Gasteiger partial charge in [0.15, 0.2) is 5.65 Å². The smallest absolute Gasteiger partial charge is 0.178 e. The standard InChI is InChI=1S/C12H8ClN3O2/c13-6-3-9-12(14-5-6)16-11(15-9)8-2-1-7(17)4-10(8)18/h1-5,17-18H,(H,14,15,16). The predicted octanol–water partition coefficient (Wildman–Crippen LogP) is 2.69. The second kappa shape index (κ2) is 3.89. The number of nitrogens with one attached hydrogen (secondary N) is 1. The van der Waals surface area contributed by atoms with E-state index in [-0.39, 0.29) is 11.5 Å². The van der Waals surface area contributed by atoms with E-state index in [4.69, 9.17) is 11.6 Å². The molecule has 0 amide bonds. The Morgan fingerprint density at radius 1 is 1.17 bits per heavy atom. The quantitative estimate of drug-likeness (QED) is 0.629. The molecule has 3 aromatic rings. The van der Waals surface area contributed by atoms with Gasteiger partial charge >= 0.3 is 0 Å². The molecule has 0 aliphatic rings. The zero-order valence-electron chi connectivity index (χ0n) is 9.05. The van der Waals surface area contributed by atoms with E-state index in [0.717, 1.165) is 0 Å². The van der Waals surface area contributed by atoms with Gasteiger partial charge < -0.3 is 15.2 Å². The van der Waals surface area contributed by atoms with Crippen LogP contribution in [0.3, 0.4) is 0 Å². The third-order valence-electron chi connectivity index (χ3n) is 2.54. The molecule has 0 spiro atoms. The number of imidazole rings is 1. The lowest BCUT2D eigenvalue weighted by Gasteiger charge is -2.00. The molecule has 6 heteroatoms. The van der Waals surface area contributed by atoms with Crippen molar-refractivity contribution < 1.29 is 10.2 Å². The molecule has 18 heavy (non-hydrogen) atoms. The number of H-pyrrole nitrogens is 1. The summed E-state index contributed by atoms with van der Waals surface area (Å²) in [4.78, 5) is 11.3. The fraction of sp³-hybridized carbons (Fsp3) is 0. The van der Waals surface area contributed by atoms with Crippen LogP contribution in [0.2, 0.25) is 5.02 Å². The van der Waals surface area contributed by atoms with E-state index in [9.17, 15) is 10.2 Å². The summed E-state index contributed by atoms with van der Waals surface area (Å²) in [5, 5.41) is 19.5. The Kier molecular flexibility index (Phi) is 2.34. The second-order valence-corrected chi connectivity index (χ2v) is 4.25. The lowest BCUT2D eigenvalue weighted by molar-refractivity contribution is 0.451. The first-order valence-corrected chi connectivity index (χ1v) is 5.55. The number of aromatic hydroxyl groups is 2. The number of hydrogen-bond acceptors (Lipinski definition) is 4. The Balaban J connectivity index is 2.19. The number of phenols is 2. The topological polar surface area (TPSA) is 82.0 Å². The van der Waals surface area contributed by atoms with Crippen LogP contribution in [-0.4, -0.2) is 25.2 Å². The maximum atomic E-state index is 9.76. The van der Waals surface area contributed by atoms with Crippen molar-refractivity contribution >= 4 is 22.8 Å². The van der Waals surface area contributed by atoms with E-state index < -0.39 is 0 Å². The monoisotopic (exact) mass is 261 g/mol. The minimum Gasteiger partial charge on any atom is -0.508 e. The normalized spacial score (nSPS) is 10.9. The number of aromatic amines is 1. The lowest BCUT2D eigenvalue weighted by atomic mass is 10.2. The van der Waals surface area contributed by atoms with Crippen molar-refractivity contribution in [3.8, 4) is 22.9 Å². The Bertz CT molecular complexity index is 739. The fourth-order valence-electron chi connectivity index (χ4n) is 1.72. The van der Waals surface area contributed by atoms with Gasteiger partial charge in [0.05, 0.1) is 16.1 Å². The van der Waals surface area contributed by atoms with Crippen molar-refractivity contribution in [1.29, 1.82) is 0 Å². The Labute approximate surface area is 107 Å². The molecule has 0 fully saturated rings. The molecular weight excluding hydrogens is 254 g/mol. The highest BCUT2D eigenvalue weighted by Crippen LogP contribution is 2.31. The summed E-state index contributed by atoms with van der Waals surface area (Å²) in [6.07, 6.45) is 1.51. The molecule has 1 aromatic carbocycles. The predicted molar refractivity (Wildman–Crippen MR) is 67.7 cm³/mol. The van der Waals surface area contributed by atoms with Gasteiger partial charge in [-0.05, 0) is 18.2 Å². The van der Waals surface area contributed by atoms with E-state index in [1.54, 1.807) is 12.1 Å². The Hall–Kier alpha value is -2.27. The van der Waals surface area contributed by atoms with Gasteiger partial charge in [0.2, 0.25) is 0 Å². The minimum absolute atomic E-state index is 0.00599. The van der Waals surface area contributed by atoms with Crippen molar-refractivity contribution in [2.75, 3.05) is 0 Å². The second-order valence-electron chi connectivity index (χ2n) is 3.81. The van der Waals surface area contributed by atoms with Gasteiger partial charge in [-0.3, -0.25) is 0 Å². The number of phenolic OH excluding ortho intramolecular Hbond substituents is 2. The molecule has 0 bridgehead atoms. The SMILES string of the molecule is Oc1ccc(-c2nc3ncc(Cl)cc3[nH]2)c(O)c1. The van der Waals surface area contributed by atoms with E-state index in [1.165, 1.54) is 18.3 Å². The van der Waals surface area contributed by atoms with Crippen molar-refractivity contribution in [2.45, 2.75) is 0 Å². The lowest BCUT2D eigenvalue weighted by Crippen LogP contribution is -1.81. The van der Waals surface area contributed by atoms with Crippen LogP contribution in [-0.2, 0) is 0 Å². The highest BCUT2D eigenvalue weighted by atomic mass is 35.5. The molecule has 0 atom stereocenters. The van der Waals surface area contributed by atoms with E-state index in [1.807, 2.05) is 0 Å². The molecule has 3 N–H and O–H groups in total. The van der Waals surface area contributed by atoms with E-state index in [0.29, 0.717) is 27.6 Å². The van der Waals surface area contributed by atoms with Gasteiger partial charge in [-0.2, -0.15) is 0 Å². The number of aromatic nitrogens is 3. The summed E-state index contributed by atoms with van der Waals surface area (Å²) in [6.45, 7) is 0. The van der Waals surface area contributed by atoms with Crippen molar-refractivity contribution in [1.82, 2.24) is 15.0 Å². The maximum Gasteiger partial charge on any atom is 0.178 e. The molecule has 90 valence electrons. The van der Waals surface area contributed by atoms with Crippen LogP contribution >= 0.6 is 11.6 Å². The number of rotatable bonds is 1. The van der Waals surface area contributed by atoms with Crippen molar-refractivity contribution in [3.63, 3.8) is 0 Å². The molecule has 3 rings (SSSR count). The summed E-state index contributed by atoms with van der Waals surface area (Å²) in [7, 11) is 0. The Morgan fingerprint density at radius 2 is 2.00 bits per heavy atom. The molecule has 2 heterocycles. The fourth-order valence-corrected chi connectivity index (χ4v) is 1.88. The van der Waals surface area contributed by atoms with Crippen LogP contribution in [0.25, 0.3) is 22.6 Å². The number of hydrogen-bond donors (Lipinski definition) is 3. The molecule has 0 saturated carbocycles. The van der Waals surface area contributed by atoms with Crippen LogP contribution < -0.4 is 0 Å². The molecule has 0 unspecified atom stereocenters. The molecule has 0 aliphatic carbocycles. The Morgan fingerprint density at radius 3 is 2.78 bits per heavy atom. The first-order chi connectivity index (χ1) is 8.63. The molecular formula is C12H8ClN3O2. The number of nitrogens with zero attached hydrogens (tertiary/aromatic N) is 2. The van der Waals surface area contributed by atoms with Gasteiger partial charge in [-0.1, -0.05) is 11.6 Å². The maximum absolute atomic E-state index is 9.76. The summed E-state index contributed by atoms with van der Waals surface area (Å²) < 4.78 is 0. The summed E-state index contributed by atoms with van der Waals surface area (Å²) in [5.74, 6) is 0.408. The molecule has 2 aromatic heterocycles. The van der Waals surface area contributed by atoms with E-state index in [2.05, 4.69) is 15.0 Å². The largest absolute Gasteiger partial charge is 0.508 e. The van der Waals surface area contributed by atoms with Gasteiger partial charge in [-0.25, -0.2) is 9.97 Å². The summed E-state index contributed by atoms with van der Waals surface area (Å²) in [5.41, 5.74) is 1.69. The van der Waals surface area contributed by atoms with Gasteiger partial charge in [-0.15, -0.1) is 0 Å². The number of pyridine rings is 1. The zero-order valence-corrected chi connectivity index (χ0v) is 9.81. The van der Waals surface area contributed by atoms with E-state index >= 15 is 0 Å². The average Bonchev–Trinajstić information content (AvgIpc) is 2.71. The average molecular weight is 262 g/mol. The zero-order chi connectivity index (χ0) is 12.7. The summed E-state index contributed by atoms with van der Waals surface area (Å²) in [6, 6.07) is 6.01. The minimum atomic E-state index is -0.0554. The molecule has 0 saturated heterocycles. The first-order valence-electron chi connectivity index (χ1n) is 5.17. The van der Waals surface area contributed by atoms with Crippen LogP contribution in [0.1, 0.15) is 0 Å². The first kappa shape index (κ1) is 10.9. The van der Waals surface area contributed by atoms with Crippen LogP contribution in [0.4, 0.5) is 0 Å². The van der Waals surface area contributed by atoms with Crippen molar-refractivity contribution in [2.24, 2.45) is 0 Å². The third kappa shape index (κ3) is 1.74.